The van der Waals surface area contributed by atoms with Crippen molar-refractivity contribution in [1.29, 1.82) is 0 Å². The summed E-state index contributed by atoms with van der Waals surface area (Å²) in [5.74, 6) is 0.458. The maximum atomic E-state index is 11.7. The summed E-state index contributed by atoms with van der Waals surface area (Å²) in [6.07, 6.45) is 1.32. The maximum Gasteiger partial charge on any atom is 0.238 e. The van der Waals surface area contributed by atoms with Gasteiger partial charge in [-0.05, 0) is 31.0 Å². The van der Waals surface area contributed by atoms with Crippen LogP contribution < -0.4 is 5.14 Å². The number of hydrogen-bond donors (Lipinski definition) is 2. The van der Waals surface area contributed by atoms with Crippen molar-refractivity contribution in [2.75, 3.05) is 0 Å². The first-order valence-corrected chi connectivity index (χ1v) is 8.20. The van der Waals surface area contributed by atoms with Gasteiger partial charge < -0.3 is 4.98 Å². The first-order chi connectivity index (χ1) is 10.3. The molecule has 0 saturated carbocycles. The molecule has 0 fully saturated rings. The number of nitrogens with zero attached hydrogens (tertiary/aromatic N) is 3. The Balaban J connectivity index is 2.28. The van der Waals surface area contributed by atoms with E-state index in [0.29, 0.717) is 28.1 Å². The Labute approximate surface area is 131 Å². The van der Waals surface area contributed by atoms with Crippen LogP contribution >= 0.6 is 11.6 Å². The molecule has 0 aliphatic heterocycles. The fourth-order valence-electron chi connectivity index (χ4n) is 2.32. The van der Waals surface area contributed by atoms with Gasteiger partial charge in [-0.1, -0.05) is 17.7 Å². The number of aromatic amines is 1. The lowest BCUT2D eigenvalue weighted by Crippen LogP contribution is -2.14. The van der Waals surface area contributed by atoms with Crippen molar-refractivity contribution in [2.24, 2.45) is 5.14 Å². The van der Waals surface area contributed by atoms with Crippen LogP contribution in [0.25, 0.3) is 22.6 Å². The van der Waals surface area contributed by atoms with Crippen LogP contribution in [-0.4, -0.2) is 28.4 Å². The Bertz CT molecular complexity index is 997. The molecular weight excluding hydrogens is 326 g/mol. The predicted molar refractivity (Wildman–Crippen MR) is 83.0 cm³/mol. The average molecular weight is 338 g/mol. The second-order valence-corrected chi connectivity index (χ2v) is 6.81. The van der Waals surface area contributed by atoms with Crippen molar-refractivity contribution in [2.45, 2.75) is 18.7 Å². The van der Waals surface area contributed by atoms with Crippen molar-refractivity contribution in [3.63, 3.8) is 0 Å². The van der Waals surface area contributed by atoms with E-state index in [0.717, 1.165) is 5.56 Å². The summed E-state index contributed by atoms with van der Waals surface area (Å²) in [5.41, 5.74) is 2.96. The predicted octanol–water partition coefficient (Wildman–Crippen LogP) is 1.94. The number of hydrogen-bond acceptors (Lipinski definition) is 5. The lowest BCUT2D eigenvalue weighted by molar-refractivity contribution is 0.597. The molecule has 22 heavy (non-hydrogen) atoms. The summed E-state index contributed by atoms with van der Waals surface area (Å²) in [7, 11) is -3.81. The molecule has 3 rings (SSSR count). The highest BCUT2D eigenvalue weighted by Crippen LogP contribution is 2.28. The van der Waals surface area contributed by atoms with Gasteiger partial charge in [0.05, 0.1) is 4.90 Å². The van der Waals surface area contributed by atoms with E-state index in [4.69, 9.17) is 16.7 Å². The maximum absolute atomic E-state index is 11.7. The highest BCUT2D eigenvalue weighted by atomic mass is 35.5. The molecule has 0 bridgehead atoms. The quantitative estimate of drug-likeness (QED) is 0.693. The average Bonchev–Trinajstić information content (AvgIpc) is 2.82. The van der Waals surface area contributed by atoms with E-state index in [-0.39, 0.29) is 10.0 Å². The summed E-state index contributed by atoms with van der Waals surface area (Å²) in [6, 6.07) is 3.24. The van der Waals surface area contributed by atoms with E-state index in [1.54, 1.807) is 13.0 Å². The third-order valence-corrected chi connectivity index (χ3v) is 4.65. The van der Waals surface area contributed by atoms with Crippen LogP contribution in [0.2, 0.25) is 5.15 Å². The van der Waals surface area contributed by atoms with Gasteiger partial charge in [-0.3, -0.25) is 0 Å². The van der Waals surface area contributed by atoms with Crippen LogP contribution in [0.15, 0.2) is 23.4 Å². The van der Waals surface area contributed by atoms with Gasteiger partial charge in [0.15, 0.2) is 10.8 Å². The van der Waals surface area contributed by atoms with Gasteiger partial charge >= 0.3 is 0 Å². The van der Waals surface area contributed by atoms with Gasteiger partial charge in [-0.15, -0.1) is 0 Å². The highest BCUT2D eigenvalue weighted by Gasteiger charge is 2.17. The number of benzene rings is 1. The molecule has 0 aliphatic carbocycles. The number of nitrogens with one attached hydrogen (secondary N) is 1. The normalized spacial score (nSPS) is 12.0. The lowest BCUT2D eigenvalue weighted by Gasteiger charge is -2.09. The number of nitrogens with two attached hydrogens (primary N) is 1. The minimum atomic E-state index is -3.81. The molecule has 0 amide bonds. The summed E-state index contributed by atoms with van der Waals surface area (Å²) >= 11 is 5.98. The molecule has 9 heteroatoms. The number of halogens is 1. The number of H-pyrrole nitrogens is 1. The number of rotatable bonds is 2. The van der Waals surface area contributed by atoms with Crippen LogP contribution in [0.5, 0.6) is 0 Å². The van der Waals surface area contributed by atoms with Crippen LogP contribution in [0, 0.1) is 13.8 Å². The molecule has 1 aromatic carbocycles. The van der Waals surface area contributed by atoms with E-state index in [1.807, 2.05) is 6.92 Å². The largest absolute Gasteiger partial charge is 0.322 e. The number of fused-ring (bicyclic) bond motifs is 1. The second kappa shape index (κ2) is 5.01. The molecule has 3 N–H and O–H groups in total. The van der Waals surface area contributed by atoms with Gasteiger partial charge in [-0.25, -0.2) is 28.5 Å². The summed E-state index contributed by atoms with van der Waals surface area (Å²) in [5, 5.41) is 5.48. The monoisotopic (exact) mass is 337 g/mol. The SMILES string of the molecule is Cc1cc(C)c(S(N)(=O)=O)cc1-c1nc2c(Cl)ncnc2[nH]1. The molecule has 0 unspecified atom stereocenters. The number of imidazole rings is 1. The van der Waals surface area contributed by atoms with E-state index >= 15 is 0 Å². The third kappa shape index (κ3) is 2.45. The molecule has 0 aliphatic rings. The summed E-state index contributed by atoms with van der Waals surface area (Å²) < 4.78 is 23.4. The molecule has 0 radical (unpaired) electrons. The molecule has 3 aromatic rings. The molecule has 0 spiro atoms. The Morgan fingerprint density at radius 2 is 1.91 bits per heavy atom. The van der Waals surface area contributed by atoms with Crippen LogP contribution in [0.3, 0.4) is 0 Å². The molecule has 0 saturated heterocycles. The van der Waals surface area contributed by atoms with Crippen molar-refractivity contribution in [3.05, 3.63) is 34.7 Å². The lowest BCUT2D eigenvalue weighted by atomic mass is 10.1. The Morgan fingerprint density at radius 3 is 2.55 bits per heavy atom. The topological polar surface area (TPSA) is 115 Å². The Kier molecular flexibility index (Phi) is 3.39. The minimum absolute atomic E-state index is 0.0609. The molecule has 2 aromatic heterocycles. The minimum Gasteiger partial charge on any atom is -0.322 e. The summed E-state index contributed by atoms with van der Waals surface area (Å²) in [4.78, 5) is 15.3. The van der Waals surface area contributed by atoms with Gasteiger partial charge in [0.2, 0.25) is 10.0 Å². The molecule has 0 atom stereocenters. The standard InChI is InChI=1S/C13H12ClN5O2S/c1-6-3-7(2)9(22(15,20)21)4-8(6)12-18-10-11(14)16-5-17-13(10)19-12/h3-5H,1-2H3,(H2,15,20,21)(H,16,17,18,19). The molecule has 7 nitrogen and oxygen atoms in total. The van der Waals surface area contributed by atoms with Crippen molar-refractivity contribution in [3.8, 4) is 11.4 Å². The first kappa shape index (κ1) is 14.9. The van der Waals surface area contributed by atoms with Crippen LogP contribution in [-0.2, 0) is 10.0 Å². The van der Waals surface area contributed by atoms with E-state index in [2.05, 4.69) is 19.9 Å². The van der Waals surface area contributed by atoms with Crippen molar-refractivity contribution >= 4 is 32.8 Å². The smallest absolute Gasteiger partial charge is 0.238 e. The number of aryl methyl sites for hydroxylation is 2. The highest BCUT2D eigenvalue weighted by molar-refractivity contribution is 7.89. The molecule has 114 valence electrons. The Morgan fingerprint density at radius 1 is 1.18 bits per heavy atom. The number of primary sulfonamides is 1. The van der Waals surface area contributed by atoms with Gasteiger partial charge in [-0.2, -0.15) is 0 Å². The van der Waals surface area contributed by atoms with Crippen molar-refractivity contribution in [1.82, 2.24) is 19.9 Å². The van der Waals surface area contributed by atoms with Crippen LogP contribution in [0.4, 0.5) is 0 Å². The number of sulfonamides is 1. The molecular formula is C13H12ClN5O2S. The van der Waals surface area contributed by atoms with Crippen LogP contribution in [0.1, 0.15) is 11.1 Å². The third-order valence-electron chi connectivity index (χ3n) is 3.32. The number of aromatic nitrogens is 4. The zero-order chi connectivity index (χ0) is 16.1. The Hall–Kier alpha value is -2.03. The van der Waals surface area contributed by atoms with Gasteiger partial charge in [0.1, 0.15) is 17.7 Å². The van der Waals surface area contributed by atoms with E-state index < -0.39 is 10.0 Å². The van der Waals surface area contributed by atoms with Crippen molar-refractivity contribution < 1.29 is 8.42 Å². The zero-order valence-corrected chi connectivity index (χ0v) is 13.3. The van der Waals surface area contributed by atoms with E-state index in [1.165, 1.54) is 12.4 Å². The fourth-order valence-corrected chi connectivity index (χ4v) is 3.29. The fraction of sp³-hybridized carbons (Fsp3) is 0.154. The summed E-state index contributed by atoms with van der Waals surface area (Å²) in [6.45, 7) is 3.55. The van der Waals surface area contributed by atoms with Gasteiger partial charge in [0, 0.05) is 5.56 Å². The first-order valence-electron chi connectivity index (χ1n) is 6.28. The zero-order valence-electron chi connectivity index (χ0n) is 11.8. The molecule has 2 heterocycles. The van der Waals surface area contributed by atoms with E-state index in [9.17, 15) is 8.42 Å². The second-order valence-electron chi connectivity index (χ2n) is 4.92. The van der Waals surface area contributed by atoms with Gasteiger partial charge in [0.25, 0.3) is 0 Å².